The Morgan fingerprint density at radius 2 is 0.895 bits per heavy atom. The molecular formula is C27H46N4O7. The van der Waals surface area contributed by atoms with Crippen LogP contribution in [0.4, 0.5) is 0 Å². The molecule has 0 bridgehead atoms. The zero-order valence-electron chi connectivity index (χ0n) is 23.5. The Morgan fingerprint density at radius 1 is 0.605 bits per heavy atom. The van der Waals surface area contributed by atoms with E-state index in [4.69, 9.17) is 9.47 Å². The van der Waals surface area contributed by atoms with E-state index >= 15 is 0 Å². The van der Waals surface area contributed by atoms with Gasteiger partial charge in [0, 0.05) is 54.0 Å². The average Bonchev–Trinajstić information content (AvgIpc) is 2.86. The van der Waals surface area contributed by atoms with Gasteiger partial charge in [0.15, 0.2) is 0 Å². The number of nitrogens with zero attached hydrogens (tertiary/aromatic N) is 4. The summed E-state index contributed by atoms with van der Waals surface area (Å²) in [4.78, 5) is 50.0. The predicted octanol–water partition coefficient (Wildman–Crippen LogP) is 2.12. The molecule has 0 aliphatic heterocycles. The van der Waals surface area contributed by atoms with E-state index in [1.165, 1.54) is 62.3 Å². The molecule has 0 fully saturated rings. The molecule has 0 rings (SSSR count). The zero-order chi connectivity index (χ0) is 29.5. The number of rotatable bonds is 19. The van der Waals surface area contributed by atoms with Crippen LogP contribution in [0.5, 0.6) is 0 Å². The summed E-state index contributed by atoms with van der Waals surface area (Å²) in [5, 5.41) is 9.67. The van der Waals surface area contributed by atoms with Gasteiger partial charge in [-0.05, 0) is 37.6 Å². The van der Waals surface area contributed by atoms with Gasteiger partial charge in [0.05, 0.1) is 32.4 Å². The van der Waals surface area contributed by atoms with E-state index in [0.29, 0.717) is 39.5 Å². The highest BCUT2D eigenvalue weighted by atomic mass is 16.5. The lowest BCUT2D eigenvalue weighted by Crippen LogP contribution is -2.39. The van der Waals surface area contributed by atoms with Crippen molar-refractivity contribution in [2.45, 2.75) is 46.6 Å². The van der Waals surface area contributed by atoms with E-state index < -0.39 is 6.10 Å². The van der Waals surface area contributed by atoms with E-state index in [1.807, 2.05) is 0 Å². The second-order valence-corrected chi connectivity index (χ2v) is 8.08. The molecule has 0 radical (unpaired) electrons. The standard InChI is InChI=1S/C16H28N2O4.C11H18N2O3/c1-5-17(15(3)19)9-7-11-21-13-14-22-12-8-10-18(6-2)16(4)20;1-5-12(9(3)14)7-11(16)8-13(6-2)10(4)15/h5-6H,1-2,7-14H2,3-4H3;5-6,11,16H,1-2,7-8H2,3-4H3. The van der Waals surface area contributed by atoms with Gasteiger partial charge in [-0.15, -0.1) is 0 Å². The van der Waals surface area contributed by atoms with Crippen LogP contribution in [0.3, 0.4) is 0 Å². The Hall–Kier alpha value is -3.28. The molecule has 4 amide bonds. The fourth-order valence-corrected chi connectivity index (χ4v) is 2.93. The summed E-state index contributed by atoms with van der Waals surface area (Å²) in [5.41, 5.74) is 0. The normalized spacial score (nSPS) is 9.95. The number of hydrogen-bond acceptors (Lipinski definition) is 7. The summed E-state index contributed by atoms with van der Waals surface area (Å²) in [6, 6.07) is 0. The second-order valence-electron chi connectivity index (χ2n) is 8.08. The molecule has 38 heavy (non-hydrogen) atoms. The van der Waals surface area contributed by atoms with Crippen molar-refractivity contribution in [1.82, 2.24) is 19.6 Å². The van der Waals surface area contributed by atoms with E-state index in [2.05, 4.69) is 26.3 Å². The van der Waals surface area contributed by atoms with Crippen LogP contribution >= 0.6 is 0 Å². The summed E-state index contributed by atoms with van der Waals surface area (Å²) in [6.07, 6.45) is 6.44. The molecule has 1 N–H and O–H groups in total. The molecule has 0 saturated heterocycles. The fraction of sp³-hybridized carbons (Fsp3) is 0.556. The van der Waals surface area contributed by atoms with Gasteiger partial charge in [0.2, 0.25) is 23.6 Å². The van der Waals surface area contributed by atoms with Crippen LogP contribution in [0, 0.1) is 0 Å². The van der Waals surface area contributed by atoms with Crippen LogP contribution < -0.4 is 0 Å². The number of aliphatic hydroxyl groups excluding tert-OH is 1. The Kier molecular flexibility index (Phi) is 22.2. The van der Waals surface area contributed by atoms with Gasteiger partial charge in [0.1, 0.15) is 0 Å². The molecule has 0 aromatic carbocycles. The maximum atomic E-state index is 11.1. The first-order chi connectivity index (χ1) is 17.9. The van der Waals surface area contributed by atoms with Crippen LogP contribution in [0.1, 0.15) is 40.5 Å². The SMILES string of the molecule is C=CN(CC(O)CN(C=C)C(C)=O)C(C)=O.C=CN(CCCOCCOCCCN(C=C)C(C)=O)C(C)=O. The van der Waals surface area contributed by atoms with Gasteiger partial charge in [0.25, 0.3) is 0 Å². The van der Waals surface area contributed by atoms with E-state index in [1.54, 1.807) is 9.80 Å². The van der Waals surface area contributed by atoms with Crippen molar-refractivity contribution in [2.75, 3.05) is 52.6 Å². The monoisotopic (exact) mass is 538 g/mol. The highest BCUT2D eigenvalue weighted by Gasteiger charge is 2.15. The Morgan fingerprint density at radius 3 is 1.13 bits per heavy atom. The third-order valence-corrected chi connectivity index (χ3v) is 5.06. The first kappa shape index (κ1) is 36.9. The van der Waals surface area contributed by atoms with Gasteiger partial charge < -0.3 is 34.2 Å². The van der Waals surface area contributed by atoms with Gasteiger partial charge in [-0.2, -0.15) is 0 Å². The van der Waals surface area contributed by atoms with Crippen LogP contribution in [0.25, 0.3) is 0 Å². The number of carbonyl (C=O) groups excluding carboxylic acids is 4. The van der Waals surface area contributed by atoms with Crippen molar-refractivity contribution < 1.29 is 33.8 Å². The molecule has 0 heterocycles. The van der Waals surface area contributed by atoms with Crippen molar-refractivity contribution in [1.29, 1.82) is 0 Å². The van der Waals surface area contributed by atoms with Crippen LogP contribution in [0.15, 0.2) is 51.1 Å². The minimum Gasteiger partial charge on any atom is -0.389 e. The first-order valence-electron chi connectivity index (χ1n) is 12.4. The summed E-state index contributed by atoms with van der Waals surface area (Å²) in [7, 11) is 0. The highest BCUT2D eigenvalue weighted by molar-refractivity contribution is 5.75. The molecule has 216 valence electrons. The molecular weight excluding hydrogens is 492 g/mol. The number of aliphatic hydroxyl groups is 1. The average molecular weight is 539 g/mol. The lowest BCUT2D eigenvalue weighted by Gasteiger charge is -2.24. The Bertz CT molecular complexity index is 711. The lowest BCUT2D eigenvalue weighted by atomic mass is 10.3. The van der Waals surface area contributed by atoms with Crippen molar-refractivity contribution >= 4 is 23.6 Å². The zero-order valence-corrected chi connectivity index (χ0v) is 23.5. The topological polar surface area (TPSA) is 120 Å². The van der Waals surface area contributed by atoms with Crippen LogP contribution in [0.2, 0.25) is 0 Å². The second kappa shape index (κ2) is 22.9. The summed E-state index contributed by atoms with van der Waals surface area (Å²) < 4.78 is 10.8. The summed E-state index contributed by atoms with van der Waals surface area (Å²) in [5.74, 6) is -0.445. The van der Waals surface area contributed by atoms with E-state index in [0.717, 1.165) is 12.8 Å². The van der Waals surface area contributed by atoms with Gasteiger partial charge >= 0.3 is 0 Å². The smallest absolute Gasteiger partial charge is 0.223 e. The van der Waals surface area contributed by atoms with Crippen LogP contribution in [-0.2, 0) is 28.7 Å². The van der Waals surface area contributed by atoms with Gasteiger partial charge in [-0.1, -0.05) is 26.3 Å². The fourth-order valence-electron chi connectivity index (χ4n) is 2.93. The number of amides is 4. The third kappa shape index (κ3) is 18.9. The van der Waals surface area contributed by atoms with Crippen LogP contribution in [-0.4, -0.2) is 107 Å². The molecule has 0 spiro atoms. The van der Waals surface area contributed by atoms with E-state index in [9.17, 15) is 24.3 Å². The molecule has 0 aliphatic carbocycles. The number of hydrogen-bond donors (Lipinski definition) is 1. The molecule has 0 atom stereocenters. The molecule has 0 unspecified atom stereocenters. The molecule has 0 aromatic heterocycles. The molecule has 0 aromatic rings. The third-order valence-electron chi connectivity index (χ3n) is 5.06. The maximum absolute atomic E-state index is 11.1. The minimum atomic E-state index is -0.830. The van der Waals surface area contributed by atoms with Gasteiger partial charge in [-0.3, -0.25) is 19.2 Å². The van der Waals surface area contributed by atoms with Crippen molar-refractivity contribution in [3.63, 3.8) is 0 Å². The predicted molar refractivity (Wildman–Crippen MR) is 147 cm³/mol. The Labute approximate surface area is 227 Å². The minimum absolute atomic E-state index is 0.0162. The largest absolute Gasteiger partial charge is 0.389 e. The van der Waals surface area contributed by atoms with Crippen molar-refractivity contribution in [3.8, 4) is 0 Å². The highest BCUT2D eigenvalue weighted by Crippen LogP contribution is 1.99. The van der Waals surface area contributed by atoms with Crippen molar-refractivity contribution in [2.24, 2.45) is 0 Å². The quantitative estimate of drug-likeness (QED) is 0.250. The van der Waals surface area contributed by atoms with E-state index in [-0.39, 0.29) is 36.7 Å². The summed E-state index contributed by atoms with van der Waals surface area (Å²) in [6.45, 7) is 23.5. The Balaban J connectivity index is 0. The van der Waals surface area contributed by atoms with Gasteiger partial charge in [-0.25, -0.2) is 0 Å². The molecule has 11 nitrogen and oxygen atoms in total. The molecule has 11 heteroatoms. The number of carbonyl (C=O) groups is 4. The summed E-state index contributed by atoms with van der Waals surface area (Å²) >= 11 is 0. The number of ether oxygens (including phenoxy) is 2. The maximum Gasteiger partial charge on any atom is 0.223 e. The first-order valence-corrected chi connectivity index (χ1v) is 12.4. The lowest BCUT2D eigenvalue weighted by molar-refractivity contribution is -0.129. The molecule has 0 saturated carbocycles. The van der Waals surface area contributed by atoms with Crippen molar-refractivity contribution in [3.05, 3.63) is 51.1 Å². The molecule has 0 aliphatic rings.